The Labute approximate surface area is 295 Å². The number of rotatable bonds is 5. The topological polar surface area (TPSA) is 15.3 Å². The minimum Gasteiger partial charge on any atom is -0.373 e. The first kappa shape index (κ1) is 28.8. The van der Waals surface area contributed by atoms with Crippen LogP contribution in [0.4, 0.5) is 22.1 Å². The summed E-state index contributed by atoms with van der Waals surface area (Å²) in [4.78, 5) is 2.38. The minimum atomic E-state index is 0.877. The van der Waals surface area contributed by atoms with E-state index in [2.05, 4.69) is 186 Å². The largest absolute Gasteiger partial charge is 0.373 e. The summed E-state index contributed by atoms with van der Waals surface area (Å²) in [5.41, 5.74) is 9.56. The number of thiophene rings is 1. The van der Waals surface area contributed by atoms with Gasteiger partial charge in [-0.2, -0.15) is 0 Å². The average molecular weight is 657 g/mol. The lowest BCUT2D eigenvalue weighted by atomic mass is 9.90. The fourth-order valence-electron chi connectivity index (χ4n) is 7.65. The van der Waals surface area contributed by atoms with Crippen LogP contribution in [0.15, 0.2) is 170 Å². The summed E-state index contributed by atoms with van der Waals surface area (Å²) < 4.78 is 1.28. The van der Waals surface area contributed by atoms with Gasteiger partial charge in [0.2, 0.25) is 0 Å². The zero-order valence-electron chi connectivity index (χ0n) is 27.3. The Morgan fingerprint density at radius 1 is 0.480 bits per heavy atom. The van der Waals surface area contributed by atoms with Gasteiger partial charge < -0.3 is 10.2 Å². The molecular formula is C47H32N2S. The number of anilines is 4. The molecule has 1 N–H and O–H groups in total. The molecule has 1 aromatic heterocycles. The van der Waals surface area contributed by atoms with Crippen LogP contribution in [0.3, 0.4) is 0 Å². The van der Waals surface area contributed by atoms with Gasteiger partial charge in [0.25, 0.3) is 0 Å². The van der Waals surface area contributed by atoms with Gasteiger partial charge in [-0.25, -0.2) is 0 Å². The fraction of sp³-hybridized carbons (Fsp3) is 0.0213. The summed E-state index contributed by atoms with van der Waals surface area (Å²) in [5, 5.41) is 13.8. The highest BCUT2D eigenvalue weighted by Gasteiger charge is 2.18. The lowest BCUT2D eigenvalue weighted by molar-refractivity contribution is 1.29. The summed E-state index contributed by atoms with van der Waals surface area (Å²) in [6, 6.07) is 60.0. The second kappa shape index (κ2) is 11.8. The van der Waals surface area contributed by atoms with Crippen molar-refractivity contribution in [3.63, 3.8) is 0 Å². The van der Waals surface area contributed by atoms with Gasteiger partial charge >= 0.3 is 0 Å². The highest BCUT2D eigenvalue weighted by atomic mass is 32.1. The summed E-state index contributed by atoms with van der Waals surface area (Å²) >= 11 is 1.83. The molecule has 0 fully saturated rings. The van der Waals surface area contributed by atoms with E-state index in [-0.39, 0.29) is 0 Å². The molecule has 10 rings (SSSR count). The van der Waals surface area contributed by atoms with E-state index in [4.69, 9.17) is 0 Å². The lowest BCUT2D eigenvalue weighted by Crippen LogP contribution is -2.09. The molecule has 0 atom stereocenters. The van der Waals surface area contributed by atoms with Crippen LogP contribution in [0.25, 0.3) is 70.7 Å². The van der Waals surface area contributed by atoms with Gasteiger partial charge in [-0.1, -0.05) is 133 Å². The molecule has 1 aliphatic rings. The highest BCUT2D eigenvalue weighted by Crippen LogP contribution is 2.44. The number of benzene rings is 8. The molecule has 50 heavy (non-hydrogen) atoms. The molecule has 9 aromatic rings. The summed E-state index contributed by atoms with van der Waals surface area (Å²) in [5.74, 6) is 0. The van der Waals surface area contributed by atoms with Crippen molar-refractivity contribution < 1.29 is 0 Å². The molecular weight excluding hydrogens is 625 g/mol. The molecule has 2 heterocycles. The average Bonchev–Trinajstić information content (AvgIpc) is 3.56. The molecule has 0 saturated carbocycles. The summed E-state index contributed by atoms with van der Waals surface area (Å²) in [6.07, 6.45) is 4.45. The molecule has 3 heteroatoms. The van der Waals surface area contributed by atoms with E-state index in [0.29, 0.717) is 0 Å². The maximum atomic E-state index is 3.56. The van der Waals surface area contributed by atoms with Crippen molar-refractivity contribution in [3.8, 4) is 22.3 Å². The van der Waals surface area contributed by atoms with Crippen LogP contribution < -0.4 is 10.2 Å². The zero-order chi connectivity index (χ0) is 33.0. The maximum Gasteiger partial charge on any atom is 0.0971 e. The summed E-state index contributed by atoms with van der Waals surface area (Å²) in [6.45, 7) is 0.877. The second-order valence-electron chi connectivity index (χ2n) is 13.0. The van der Waals surface area contributed by atoms with E-state index in [1.165, 1.54) is 75.2 Å². The van der Waals surface area contributed by atoms with Gasteiger partial charge in [0, 0.05) is 39.3 Å². The van der Waals surface area contributed by atoms with E-state index in [9.17, 15) is 0 Å². The third-order valence-corrected chi connectivity index (χ3v) is 11.2. The number of nitrogens with one attached hydrogen (secondary N) is 1. The highest BCUT2D eigenvalue weighted by molar-refractivity contribution is 7.23. The first-order valence-corrected chi connectivity index (χ1v) is 18.0. The molecule has 1 aliphatic heterocycles. The van der Waals surface area contributed by atoms with Crippen molar-refractivity contribution >= 4 is 81.9 Å². The first-order valence-electron chi connectivity index (χ1n) is 17.1. The van der Waals surface area contributed by atoms with Crippen LogP contribution in [0.1, 0.15) is 5.56 Å². The normalized spacial score (nSPS) is 12.4. The van der Waals surface area contributed by atoms with Gasteiger partial charge in [0.1, 0.15) is 0 Å². The van der Waals surface area contributed by atoms with Crippen LogP contribution in [0.5, 0.6) is 0 Å². The van der Waals surface area contributed by atoms with Crippen molar-refractivity contribution in [2.75, 3.05) is 16.8 Å². The molecule has 0 amide bonds. The third-order valence-electron chi connectivity index (χ3n) is 10.1. The Morgan fingerprint density at radius 2 is 1.10 bits per heavy atom. The van der Waals surface area contributed by atoms with Crippen LogP contribution in [0.2, 0.25) is 0 Å². The van der Waals surface area contributed by atoms with Gasteiger partial charge in [-0.15, -0.1) is 11.3 Å². The lowest BCUT2D eigenvalue weighted by Gasteiger charge is -2.26. The Morgan fingerprint density at radius 3 is 1.88 bits per heavy atom. The molecule has 0 aliphatic carbocycles. The van der Waals surface area contributed by atoms with Crippen molar-refractivity contribution in [3.05, 3.63) is 175 Å². The van der Waals surface area contributed by atoms with Crippen molar-refractivity contribution in [2.24, 2.45) is 0 Å². The number of hydrogen-bond acceptors (Lipinski definition) is 3. The second-order valence-corrected chi connectivity index (χ2v) is 14.0. The predicted octanol–water partition coefficient (Wildman–Crippen LogP) is 13.6. The molecule has 236 valence electrons. The van der Waals surface area contributed by atoms with Crippen LogP contribution >= 0.6 is 11.3 Å². The molecule has 0 bridgehead atoms. The molecule has 0 radical (unpaired) electrons. The molecule has 8 aromatic carbocycles. The fourth-order valence-corrected chi connectivity index (χ4v) is 8.78. The zero-order valence-corrected chi connectivity index (χ0v) is 28.1. The quantitative estimate of drug-likeness (QED) is 0.186. The molecule has 0 saturated heterocycles. The Balaban J connectivity index is 1.11. The Hall–Kier alpha value is -6.16. The van der Waals surface area contributed by atoms with E-state index in [1.807, 2.05) is 11.3 Å². The van der Waals surface area contributed by atoms with Crippen molar-refractivity contribution in [1.29, 1.82) is 0 Å². The van der Waals surface area contributed by atoms with Gasteiger partial charge in [0.05, 0.1) is 5.00 Å². The van der Waals surface area contributed by atoms with Crippen LogP contribution in [-0.4, -0.2) is 6.54 Å². The first-order chi connectivity index (χ1) is 24.8. The predicted molar refractivity (Wildman–Crippen MR) is 217 cm³/mol. The standard InChI is InChI=1S/C47H32N2S/c1-2-9-31(10-3-1)32-16-21-36(22-17-32)49(38-25-27-41-43-15-8-28-48-47(43)50-45(41)30-38)37-23-18-34(19-24-37)44-29-35-12-5-7-14-40(35)46-39-13-6-4-11-33(39)20-26-42(44)46/h1-27,29-30,48H,28H2. The third kappa shape index (κ3) is 4.78. The van der Waals surface area contributed by atoms with Gasteiger partial charge in [-0.05, 0) is 97.0 Å². The summed E-state index contributed by atoms with van der Waals surface area (Å²) in [7, 11) is 0. The maximum absolute atomic E-state index is 3.56. The van der Waals surface area contributed by atoms with E-state index < -0.39 is 0 Å². The molecule has 0 spiro atoms. The van der Waals surface area contributed by atoms with Gasteiger partial charge in [0.15, 0.2) is 0 Å². The number of nitrogens with zero attached hydrogens (tertiary/aromatic N) is 1. The SMILES string of the molecule is C1=Cc2c(sc3cc(N(c4ccc(-c5ccccc5)cc4)c4ccc(-c5cc6ccccc6c6c5ccc5ccccc56)cc4)ccc23)NC1. The number of hydrogen-bond donors (Lipinski definition) is 1. The van der Waals surface area contributed by atoms with Crippen molar-refractivity contribution in [1.82, 2.24) is 0 Å². The molecule has 0 unspecified atom stereocenters. The number of fused-ring (bicyclic) bond motifs is 8. The van der Waals surface area contributed by atoms with Crippen molar-refractivity contribution in [2.45, 2.75) is 0 Å². The minimum absolute atomic E-state index is 0.877. The smallest absolute Gasteiger partial charge is 0.0971 e. The van der Waals surface area contributed by atoms with Gasteiger partial charge in [-0.3, -0.25) is 0 Å². The monoisotopic (exact) mass is 656 g/mol. The van der Waals surface area contributed by atoms with Crippen LogP contribution in [0, 0.1) is 0 Å². The molecule has 2 nitrogen and oxygen atoms in total. The van der Waals surface area contributed by atoms with Crippen LogP contribution in [-0.2, 0) is 0 Å². The van der Waals surface area contributed by atoms with E-state index >= 15 is 0 Å². The van der Waals surface area contributed by atoms with E-state index in [1.54, 1.807) is 0 Å². The Bertz CT molecular complexity index is 2720. The van der Waals surface area contributed by atoms with E-state index in [0.717, 1.165) is 23.6 Å². The Kier molecular flexibility index (Phi) is 6.78.